The highest BCUT2D eigenvalue weighted by Gasteiger charge is 2.18. The van der Waals surface area contributed by atoms with Crippen LogP contribution in [0.5, 0.6) is 0 Å². The summed E-state index contributed by atoms with van der Waals surface area (Å²) in [6.07, 6.45) is 0.447. The van der Waals surface area contributed by atoms with E-state index in [1.54, 1.807) is 12.1 Å². The molecule has 0 bridgehead atoms. The smallest absolute Gasteiger partial charge is 0.256 e. The average Bonchev–Trinajstić information content (AvgIpc) is 2.32. The van der Waals surface area contributed by atoms with Gasteiger partial charge in [-0.15, -0.1) is 0 Å². The van der Waals surface area contributed by atoms with Gasteiger partial charge in [-0.05, 0) is 26.0 Å². The summed E-state index contributed by atoms with van der Waals surface area (Å²) in [4.78, 5) is 14.1. The average molecular weight is 268 g/mol. The molecule has 0 spiro atoms. The Hall–Kier alpha value is -1.49. The molecule has 0 aromatic heterocycles. The molecule has 0 fully saturated rings. The molecule has 2 N–H and O–H groups in total. The molecule has 5 heteroatoms. The van der Waals surface area contributed by atoms with Gasteiger partial charge in [0.05, 0.1) is 10.6 Å². The van der Waals surface area contributed by atoms with Crippen LogP contribution in [0.15, 0.2) is 18.2 Å². The number of nitrogens with two attached hydrogens (primary N) is 1. The first-order valence-electron chi connectivity index (χ1n) is 5.79. The molecule has 0 saturated carbocycles. The standard InChI is InChI=1S/C13H17FN2OS/c1-3-16(7-6-12(15)18)13(17)10-8-9(2)4-5-11(10)14/h4-5,8H,3,6-7H2,1-2H3,(H2,15,18). The zero-order chi connectivity index (χ0) is 13.7. The summed E-state index contributed by atoms with van der Waals surface area (Å²) in [5.74, 6) is -0.825. The Bertz CT molecular complexity index is 462. The molecule has 0 heterocycles. The molecule has 3 nitrogen and oxygen atoms in total. The third-order valence-electron chi connectivity index (χ3n) is 2.65. The van der Waals surface area contributed by atoms with Crippen LogP contribution in [0.2, 0.25) is 0 Å². The first kappa shape index (κ1) is 14.6. The molecule has 0 aliphatic carbocycles. The fourth-order valence-electron chi connectivity index (χ4n) is 1.62. The summed E-state index contributed by atoms with van der Waals surface area (Å²) >= 11 is 4.78. The van der Waals surface area contributed by atoms with Crippen LogP contribution in [0, 0.1) is 12.7 Å². The molecule has 1 rings (SSSR count). The number of hydrogen-bond acceptors (Lipinski definition) is 2. The van der Waals surface area contributed by atoms with E-state index in [1.807, 2.05) is 13.8 Å². The van der Waals surface area contributed by atoms with Crippen molar-refractivity contribution in [3.05, 3.63) is 35.1 Å². The lowest BCUT2D eigenvalue weighted by atomic mass is 10.1. The minimum Gasteiger partial charge on any atom is -0.393 e. The maximum atomic E-state index is 13.6. The second-order valence-electron chi connectivity index (χ2n) is 4.08. The summed E-state index contributed by atoms with van der Waals surface area (Å²) in [5, 5.41) is 0. The number of nitrogens with zero attached hydrogens (tertiary/aromatic N) is 1. The highest BCUT2D eigenvalue weighted by Crippen LogP contribution is 2.13. The van der Waals surface area contributed by atoms with Gasteiger partial charge < -0.3 is 10.6 Å². The van der Waals surface area contributed by atoms with E-state index < -0.39 is 5.82 Å². The monoisotopic (exact) mass is 268 g/mol. The largest absolute Gasteiger partial charge is 0.393 e. The van der Waals surface area contributed by atoms with Crippen LogP contribution in [0.3, 0.4) is 0 Å². The van der Waals surface area contributed by atoms with Gasteiger partial charge in [0.25, 0.3) is 5.91 Å². The van der Waals surface area contributed by atoms with Gasteiger partial charge in [0.2, 0.25) is 0 Å². The number of hydrogen-bond donors (Lipinski definition) is 1. The number of thiocarbonyl (C=S) groups is 1. The summed E-state index contributed by atoms with van der Waals surface area (Å²) in [6.45, 7) is 4.57. The Morgan fingerprint density at radius 1 is 1.50 bits per heavy atom. The van der Waals surface area contributed by atoms with Crippen LogP contribution >= 0.6 is 12.2 Å². The molecular weight excluding hydrogens is 251 g/mol. The SMILES string of the molecule is CCN(CCC(N)=S)C(=O)c1cc(C)ccc1F. The Balaban J connectivity index is 2.89. The summed E-state index contributed by atoms with van der Waals surface area (Å²) in [5.41, 5.74) is 6.36. The van der Waals surface area contributed by atoms with Gasteiger partial charge in [0.15, 0.2) is 0 Å². The molecule has 0 saturated heterocycles. The van der Waals surface area contributed by atoms with Gasteiger partial charge in [0, 0.05) is 19.5 Å². The first-order chi connectivity index (χ1) is 8.45. The summed E-state index contributed by atoms with van der Waals surface area (Å²) in [7, 11) is 0. The van der Waals surface area contributed by atoms with Gasteiger partial charge in [-0.1, -0.05) is 23.8 Å². The normalized spacial score (nSPS) is 10.2. The van der Waals surface area contributed by atoms with Crippen LogP contribution in [0.1, 0.15) is 29.3 Å². The van der Waals surface area contributed by atoms with E-state index in [-0.39, 0.29) is 11.5 Å². The number of aryl methyl sites for hydroxylation is 1. The maximum Gasteiger partial charge on any atom is 0.256 e. The molecule has 0 aliphatic rings. The van der Waals surface area contributed by atoms with Crippen LogP contribution < -0.4 is 5.73 Å². The van der Waals surface area contributed by atoms with Gasteiger partial charge >= 0.3 is 0 Å². The van der Waals surface area contributed by atoms with E-state index in [9.17, 15) is 9.18 Å². The highest BCUT2D eigenvalue weighted by molar-refractivity contribution is 7.80. The quantitative estimate of drug-likeness (QED) is 0.833. The summed E-state index contributed by atoms with van der Waals surface area (Å²) in [6, 6.07) is 4.50. The van der Waals surface area contributed by atoms with E-state index >= 15 is 0 Å². The van der Waals surface area contributed by atoms with Crippen molar-refractivity contribution in [3.63, 3.8) is 0 Å². The van der Waals surface area contributed by atoms with E-state index in [0.29, 0.717) is 24.5 Å². The fourth-order valence-corrected chi connectivity index (χ4v) is 1.71. The lowest BCUT2D eigenvalue weighted by Crippen LogP contribution is -2.34. The lowest BCUT2D eigenvalue weighted by Gasteiger charge is -2.21. The van der Waals surface area contributed by atoms with E-state index in [0.717, 1.165) is 5.56 Å². The molecule has 0 atom stereocenters. The number of rotatable bonds is 5. The number of benzene rings is 1. The Kier molecular flexibility index (Phi) is 5.22. The Morgan fingerprint density at radius 3 is 2.72 bits per heavy atom. The molecular formula is C13H17FN2OS. The number of halogens is 1. The minimum absolute atomic E-state index is 0.0970. The lowest BCUT2D eigenvalue weighted by molar-refractivity contribution is 0.0764. The van der Waals surface area contributed by atoms with Gasteiger partial charge in [-0.2, -0.15) is 0 Å². The molecule has 98 valence electrons. The highest BCUT2D eigenvalue weighted by atomic mass is 32.1. The second-order valence-corrected chi connectivity index (χ2v) is 4.61. The van der Waals surface area contributed by atoms with Crippen LogP contribution in [0.4, 0.5) is 4.39 Å². The van der Waals surface area contributed by atoms with E-state index in [1.165, 1.54) is 11.0 Å². The van der Waals surface area contributed by atoms with Crippen molar-refractivity contribution >= 4 is 23.1 Å². The first-order valence-corrected chi connectivity index (χ1v) is 6.20. The molecule has 0 unspecified atom stereocenters. The predicted octanol–water partition coefficient (Wildman–Crippen LogP) is 2.27. The van der Waals surface area contributed by atoms with Crippen molar-refractivity contribution in [2.24, 2.45) is 5.73 Å². The minimum atomic E-state index is -0.501. The molecule has 1 aromatic rings. The van der Waals surface area contributed by atoms with Crippen molar-refractivity contribution < 1.29 is 9.18 Å². The van der Waals surface area contributed by atoms with Crippen molar-refractivity contribution in [1.82, 2.24) is 4.90 Å². The van der Waals surface area contributed by atoms with Gasteiger partial charge in [0.1, 0.15) is 5.82 Å². The van der Waals surface area contributed by atoms with Crippen LogP contribution in [-0.4, -0.2) is 28.9 Å². The number of amides is 1. The maximum absolute atomic E-state index is 13.6. The van der Waals surface area contributed by atoms with E-state index in [4.69, 9.17) is 18.0 Å². The van der Waals surface area contributed by atoms with Crippen molar-refractivity contribution in [1.29, 1.82) is 0 Å². The Labute approximate surface area is 112 Å². The molecule has 1 aromatic carbocycles. The summed E-state index contributed by atoms with van der Waals surface area (Å²) < 4.78 is 13.6. The molecule has 0 radical (unpaired) electrons. The van der Waals surface area contributed by atoms with Crippen molar-refractivity contribution in [3.8, 4) is 0 Å². The fraction of sp³-hybridized carbons (Fsp3) is 0.385. The Morgan fingerprint density at radius 2 is 2.17 bits per heavy atom. The second kappa shape index (κ2) is 6.44. The van der Waals surface area contributed by atoms with Crippen molar-refractivity contribution in [2.75, 3.05) is 13.1 Å². The topological polar surface area (TPSA) is 46.3 Å². The zero-order valence-corrected chi connectivity index (χ0v) is 11.4. The number of carbonyl (C=O) groups is 1. The van der Waals surface area contributed by atoms with Crippen LogP contribution in [0.25, 0.3) is 0 Å². The predicted molar refractivity (Wildman–Crippen MR) is 74.1 cm³/mol. The van der Waals surface area contributed by atoms with Crippen molar-refractivity contribution in [2.45, 2.75) is 20.3 Å². The third-order valence-corrected chi connectivity index (χ3v) is 2.85. The zero-order valence-electron chi connectivity index (χ0n) is 10.6. The van der Waals surface area contributed by atoms with Gasteiger partial charge in [-0.3, -0.25) is 4.79 Å². The molecule has 18 heavy (non-hydrogen) atoms. The third kappa shape index (κ3) is 3.77. The van der Waals surface area contributed by atoms with Gasteiger partial charge in [-0.25, -0.2) is 4.39 Å². The number of carbonyl (C=O) groups excluding carboxylic acids is 1. The molecule has 0 aliphatic heterocycles. The van der Waals surface area contributed by atoms with E-state index in [2.05, 4.69) is 0 Å². The molecule has 1 amide bonds. The van der Waals surface area contributed by atoms with Crippen LogP contribution in [-0.2, 0) is 0 Å².